The molecule has 0 fully saturated rings. The zero-order valence-electron chi connectivity index (χ0n) is 9.73. The summed E-state index contributed by atoms with van der Waals surface area (Å²) < 4.78 is 25.4. The van der Waals surface area contributed by atoms with Gasteiger partial charge in [0.2, 0.25) is 5.91 Å². The minimum Gasteiger partial charge on any atom is -0.324 e. The van der Waals surface area contributed by atoms with Crippen LogP contribution in [-0.4, -0.2) is 33.2 Å². The van der Waals surface area contributed by atoms with Crippen LogP contribution < -0.4 is 10.6 Å². The molecule has 0 saturated carbocycles. The zero-order chi connectivity index (χ0) is 13.3. The summed E-state index contributed by atoms with van der Waals surface area (Å²) in [6, 6.07) is 4.77. The highest BCUT2D eigenvalue weighted by Gasteiger charge is 2.39. The predicted octanol–water partition coefficient (Wildman–Crippen LogP) is 1.15. The van der Waals surface area contributed by atoms with Crippen molar-refractivity contribution in [3.8, 4) is 0 Å². The van der Waals surface area contributed by atoms with Crippen LogP contribution in [0.3, 0.4) is 0 Å². The lowest BCUT2D eigenvalue weighted by Gasteiger charge is -2.24. The third-order valence-electron chi connectivity index (χ3n) is 2.83. The SMILES string of the molecule is CNCCC1C(=O)Nc2cc(Br)ccc2S1(=O)=O. The fourth-order valence-corrected chi connectivity index (χ4v) is 4.03. The molecule has 1 unspecified atom stereocenters. The van der Waals surface area contributed by atoms with Gasteiger partial charge < -0.3 is 10.6 Å². The van der Waals surface area contributed by atoms with E-state index >= 15 is 0 Å². The molecule has 0 bridgehead atoms. The summed E-state index contributed by atoms with van der Waals surface area (Å²) in [5.41, 5.74) is 0.343. The van der Waals surface area contributed by atoms with Gasteiger partial charge in [0.25, 0.3) is 0 Å². The molecule has 1 heterocycles. The number of halogens is 1. The highest BCUT2D eigenvalue weighted by molar-refractivity contribution is 9.10. The Morgan fingerprint density at radius 2 is 2.17 bits per heavy atom. The van der Waals surface area contributed by atoms with Gasteiger partial charge in [-0.15, -0.1) is 0 Å². The number of rotatable bonds is 3. The van der Waals surface area contributed by atoms with E-state index in [0.717, 1.165) is 4.47 Å². The van der Waals surface area contributed by atoms with E-state index in [1.807, 2.05) is 0 Å². The first-order chi connectivity index (χ1) is 8.46. The smallest absolute Gasteiger partial charge is 0.243 e. The maximum Gasteiger partial charge on any atom is 0.243 e. The monoisotopic (exact) mass is 332 g/mol. The Hall–Kier alpha value is -0.920. The van der Waals surface area contributed by atoms with Crippen molar-refractivity contribution in [2.24, 2.45) is 0 Å². The van der Waals surface area contributed by atoms with Crippen molar-refractivity contribution in [1.82, 2.24) is 5.32 Å². The Morgan fingerprint density at radius 1 is 1.44 bits per heavy atom. The number of carbonyl (C=O) groups excluding carboxylic acids is 1. The third kappa shape index (κ3) is 2.30. The van der Waals surface area contributed by atoms with Gasteiger partial charge in [-0.05, 0) is 38.2 Å². The minimum atomic E-state index is -3.59. The summed E-state index contributed by atoms with van der Waals surface area (Å²) in [4.78, 5) is 12.0. The largest absolute Gasteiger partial charge is 0.324 e. The Balaban J connectivity index is 2.47. The molecule has 5 nitrogen and oxygen atoms in total. The Morgan fingerprint density at radius 3 is 2.83 bits per heavy atom. The highest BCUT2D eigenvalue weighted by Crippen LogP contribution is 2.33. The van der Waals surface area contributed by atoms with Crippen LogP contribution in [0, 0.1) is 0 Å². The first kappa shape index (κ1) is 13.5. The number of hydrogen-bond acceptors (Lipinski definition) is 4. The molecule has 18 heavy (non-hydrogen) atoms. The van der Waals surface area contributed by atoms with E-state index in [4.69, 9.17) is 0 Å². The molecule has 7 heteroatoms. The summed E-state index contributed by atoms with van der Waals surface area (Å²) in [6.45, 7) is 0.475. The number of benzene rings is 1. The normalized spacial score (nSPS) is 21.2. The van der Waals surface area contributed by atoms with E-state index in [1.54, 1.807) is 19.2 Å². The number of anilines is 1. The topological polar surface area (TPSA) is 75.3 Å². The predicted molar refractivity (Wildman–Crippen MR) is 72.3 cm³/mol. The van der Waals surface area contributed by atoms with Gasteiger partial charge in [-0.2, -0.15) is 0 Å². The van der Waals surface area contributed by atoms with Crippen LogP contribution in [0.4, 0.5) is 5.69 Å². The van der Waals surface area contributed by atoms with Crippen LogP contribution in [-0.2, 0) is 14.6 Å². The molecule has 0 radical (unpaired) electrons. The van der Waals surface area contributed by atoms with Crippen LogP contribution in [0.25, 0.3) is 0 Å². The maximum absolute atomic E-state index is 12.3. The van der Waals surface area contributed by atoms with Crippen molar-refractivity contribution in [3.63, 3.8) is 0 Å². The summed E-state index contributed by atoms with van der Waals surface area (Å²) >= 11 is 3.25. The standard InChI is InChI=1S/C11H13BrN2O3S/c1-13-5-4-10-11(15)14-8-6-7(12)2-3-9(8)18(10,16)17/h2-3,6,10,13H,4-5H2,1H3,(H,14,15). The summed E-state index contributed by atoms with van der Waals surface area (Å²) in [7, 11) is -1.87. The highest BCUT2D eigenvalue weighted by atomic mass is 79.9. The number of nitrogens with one attached hydrogen (secondary N) is 2. The van der Waals surface area contributed by atoms with E-state index in [0.29, 0.717) is 12.2 Å². The van der Waals surface area contributed by atoms with Crippen molar-refractivity contribution in [2.75, 3.05) is 18.9 Å². The van der Waals surface area contributed by atoms with Crippen LogP contribution in [0.2, 0.25) is 0 Å². The maximum atomic E-state index is 12.3. The number of sulfone groups is 1. The second-order valence-corrected chi connectivity index (χ2v) is 7.07. The number of fused-ring (bicyclic) bond motifs is 1. The fourth-order valence-electron chi connectivity index (χ4n) is 1.92. The van der Waals surface area contributed by atoms with Crippen molar-refractivity contribution in [2.45, 2.75) is 16.6 Å². The van der Waals surface area contributed by atoms with Crippen LogP contribution in [0.5, 0.6) is 0 Å². The van der Waals surface area contributed by atoms with E-state index < -0.39 is 21.0 Å². The lowest BCUT2D eigenvalue weighted by Crippen LogP contribution is -2.41. The molecule has 0 aliphatic carbocycles. The van der Waals surface area contributed by atoms with Gasteiger partial charge in [-0.3, -0.25) is 4.79 Å². The Bertz CT molecular complexity index is 586. The molecule has 1 aliphatic heterocycles. The molecule has 98 valence electrons. The Kier molecular flexibility index (Phi) is 3.74. The van der Waals surface area contributed by atoms with Gasteiger partial charge in [0.15, 0.2) is 9.84 Å². The molecular formula is C11H13BrN2O3S. The summed E-state index contributed by atoms with van der Waals surface area (Å²) in [6.07, 6.45) is 0.264. The molecule has 2 rings (SSSR count). The first-order valence-corrected chi connectivity index (χ1v) is 7.79. The summed E-state index contributed by atoms with van der Waals surface area (Å²) in [5.74, 6) is -0.462. The van der Waals surface area contributed by atoms with E-state index in [2.05, 4.69) is 26.6 Å². The van der Waals surface area contributed by atoms with Crippen molar-refractivity contribution >= 4 is 37.4 Å². The van der Waals surface area contributed by atoms with Crippen molar-refractivity contribution in [1.29, 1.82) is 0 Å². The van der Waals surface area contributed by atoms with Gasteiger partial charge in [0, 0.05) is 4.47 Å². The van der Waals surface area contributed by atoms with Gasteiger partial charge in [-0.1, -0.05) is 15.9 Å². The first-order valence-electron chi connectivity index (χ1n) is 5.45. The number of carbonyl (C=O) groups is 1. The van der Waals surface area contributed by atoms with E-state index in [9.17, 15) is 13.2 Å². The second-order valence-electron chi connectivity index (χ2n) is 4.06. The van der Waals surface area contributed by atoms with E-state index in [-0.39, 0.29) is 11.3 Å². The van der Waals surface area contributed by atoms with Crippen LogP contribution >= 0.6 is 15.9 Å². The number of amides is 1. The third-order valence-corrected chi connectivity index (χ3v) is 5.49. The lowest BCUT2D eigenvalue weighted by molar-refractivity contribution is -0.116. The second kappa shape index (κ2) is 4.99. The molecule has 0 saturated heterocycles. The van der Waals surface area contributed by atoms with Gasteiger partial charge in [-0.25, -0.2) is 8.42 Å². The zero-order valence-corrected chi connectivity index (χ0v) is 12.1. The molecule has 0 aromatic heterocycles. The summed E-state index contributed by atoms with van der Waals surface area (Å²) in [5, 5.41) is 4.48. The fraction of sp³-hybridized carbons (Fsp3) is 0.364. The molecule has 1 aromatic carbocycles. The quantitative estimate of drug-likeness (QED) is 0.870. The molecule has 1 amide bonds. The van der Waals surface area contributed by atoms with Gasteiger partial charge in [0.05, 0.1) is 10.6 Å². The molecule has 1 atom stereocenters. The van der Waals surface area contributed by atoms with Gasteiger partial charge in [0.1, 0.15) is 5.25 Å². The molecule has 1 aliphatic rings. The van der Waals surface area contributed by atoms with Crippen molar-refractivity contribution < 1.29 is 13.2 Å². The average Bonchev–Trinajstić information content (AvgIpc) is 2.27. The van der Waals surface area contributed by atoms with Crippen LogP contribution in [0.15, 0.2) is 27.6 Å². The lowest BCUT2D eigenvalue weighted by atomic mass is 10.2. The molecular weight excluding hydrogens is 320 g/mol. The molecule has 0 spiro atoms. The van der Waals surface area contributed by atoms with E-state index in [1.165, 1.54) is 6.07 Å². The Labute approximate surface area is 114 Å². The van der Waals surface area contributed by atoms with Gasteiger partial charge >= 0.3 is 0 Å². The minimum absolute atomic E-state index is 0.186. The average molecular weight is 333 g/mol. The molecule has 1 aromatic rings. The van der Waals surface area contributed by atoms with Crippen molar-refractivity contribution in [3.05, 3.63) is 22.7 Å². The van der Waals surface area contributed by atoms with Crippen LogP contribution in [0.1, 0.15) is 6.42 Å². The number of hydrogen-bond donors (Lipinski definition) is 2. The molecule has 2 N–H and O–H groups in total.